The predicted octanol–water partition coefficient (Wildman–Crippen LogP) is -1.33. The summed E-state index contributed by atoms with van der Waals surface area (Å²) in [5, 5.41) is 2.32. The summed E-state index contributed by atoms with van der Waals surface area (Å²) in [4.78, 5) is 22.2. The molecule has 0 aromatic carbocycles. The Labute approximate surface area is 81.6 Å². The van der Waals surface area contributed by atoms with Gasteiger partial charge >= 0.3 is 0 Å². The SMILES string of the molecule is CNC(=O)C(N)(CCSC)C(N)=O. The molecule has 0 spiro atoms. The quantitative estimate of drug-likeness (QED) is 0.484. The van der Waals surface area contributed by atoms with Crippen LogP contribution in [0.25, 0.3) is 0 Å². The molecule has 0 rings (SSSR count). The normalized spacial score (nSPS) is 14.7. The van der Waals surface area contributed by atoms with Crippen LogP contribution in [0.3, 0.4) is 0 Å². The highest BCUT2D eigenvalue weighted by Crippen LogP contribution is 2.10. The van der Waals surface area contributed by atoms with E-state index in [4.69, 9.17) is 11.5 Å². The fourth-order valence-electron chi connectivity index (χ4n) is 0.835. The maximum absolute atomic E-state index is 11.2. The van der Waals surface area contributed by atoms with E-state index in [9.17, 15) is 9.59 Å². The Balaban J connectivity index is 4.52. The van der Waals surface area contributed by atoms with Crippen LogP contribution >= 0.6 is 11.8 Å². The van der Waals surface area contributed by atoms with Gasteiger partial charge in [-0.3, -0.25) is 9.59 Å². The van der Waals surface area contributed by atoms with Crippen LogP contribution < -0.4 is 16.8 Å². The van der Waals surface area contributed by atoms with Crippen molar-refractivity contribution < 1.29 is 9.59 Å². The van der Waals surface area contributed by atoms with Gasteiger partial charge in [0.1, 0.15) is 0 Å². The van der Waals surface area contributed by atoms with Crippen LogP contribution in [0, 0.1) is 0 Å². The van der Waals surface area contributed by atoms with E-state index in [1.54, 1.807) is 0 Å². The van der Waals surface area contributed by atoms with Crippen LogP contribution in [0.2, 0.25) is 0 Å². The first-order valence-corrected chi connectivity index (χ1v) is 5.18. The van der Waals surface area contributed by atoms with E-state index in [-0.39, 0.29) is 6.42 Å². The average molecular weight is 205 g/mol. The first-order chi connectivity index (χ1) is 5.99. The van der Waals surface area contributed by atoms with Gasteiger partial charge in [0.25, 0.3) is 0 Å². The number of primary amides is 1. The number of carbonyl (C=O) groups excluding carboxylic acids is 2. The molecule has 5 nitrogen and oxygen atoms in total. The summed E-state index contributed by atoms with van der Waals surface area (Å²) >= 11 is 1.51. The van der Waals surface area contributed by atoms with Gasteiger partial charge in [0.15, 0.2) is 5.54 Å². The van der Waals surface area contributed by atoms with E-state index >= 15 is 0 Å². The van der Waals surface area contributed by atoms with Crippen LogP contribution in [0.4, 0.5) is 0 Å². The molecule has 1 atom stereocenters. The summed E-state index contributed by atoms with van der Waals surface area (Å²) in [6, 6.07) is 0. The number of hydrogen-bond donors (Lipinski definition) is 3. The number of amides is 2. The molecule has 0 aromatic heterocycles. The van der Waals surface area contributed by atoms with Gasteiger partial charge in [-0.1, -0.05) is 0 Å². The zero-order valence-corrected chi connectivity index (χ0v) is 8.61. The van der Waals surface area contributed by atoms with E-state index < -0.39 is 17.4 Å². The van der Waals surface area contributed by atoms with E-state index in [1.165, 1.54) is 18.8 Å². The highest BCUT2D eigenvalue weighted by atomic mass is 32.2. The van der Waals surface area contributed by atoms with Crippen LogP contribution in [-0.4, -0.2) is 36.4 Å². The molecule has 0 fully saturated rings. The second-order valence-electron chi connectivity index (χ2n) is 2.66. The number of thioether (sulfide) groups is 1. The summed E-state index contributed by atoms with van der Waals surface area (Å²) in [5.41, 5.74) is 9.06. The molecular weight excluding hydrogens is 190 g/mol. The Morgan fingerprint density at radius 1 is 1.54 bits per heavy atom. The largest absolute Gasteiger partial charge is 0.368 e. The first-order valence-electron chi connectivity index (χ1n) is 3.79. The fraction of sp³-hybridized carbons (Fsp3) is 0.714. The van der Waals surface area contributed by atoms with Crippen molar-refractivity contribution >= 4 is 23.6 Å². The summed E-state index contributed by atoms with van der Waals surface area (Å²) in [5.74, 6) is -0.706. The number of rotatable bonds is 5. The van der Waals surface area contributed by atoms with E-state index in [2.05, 4.69) is 5.32 Å². The van der Waals surface area contributed by atoms with Gasteiger partial charge in [-0.25, -0.2) is 0 Å². The van der Waals surface area contributed by atoms with Crippen LogP contribution in [0.5, 0.6) is 0 Å². The molecule has 2 amide bonds. The Morgan fingerprint density at radius 3 is 2.38 bits per heavy atom. The zero-order chi connectivity index (χ0) is 10.5. The number of likely N-dealkylation sites (N-methyl/N-ethyl adjacent to an activating group) is 1. The molecule has 0 saturated carbocycles. The Bertz CT molecular complexity index is 210. The van der Waals surface area contributed by atoms with E-state index in [1.807, 2.05) is 6.26 Å². The van der Waals surface area contributed by atoms with Gasteiger partial charge in [0.05, 0.1) is 0 Å². The Kier molecular flexibility index (Phi) is 4.79. The molecule has 76 valence electrons. The van der Waals surface area contributed by atoms with Crippen molar-refractivity contribution in [3.8, 4) is 0 Å². The van der Waals surface area contributed by atoms with Gasteiger partial charge < -0.3 is 16.8 Å². The van der Waals surface area contributed by atoms with Crippen molar-refractivity contribution in [2.45, 2.75) is 12.0 Å². The van der Waals surface area contributed by atoms with Crippen LogP contribution in [-0.2, 0) is 9.59 Å². The highest BCUT2D eigenvalue weighted by Gasteiger charge is 2.38. The molecule has 0 radical (unpaired) electrons. The Hall–Kier alpha value is -0.750. The molecule has 13 heavy (non-hydrogen) atoms. The predicted molar refractivity (Wildman–Crippen MR) is 53.2 cm³/mol. The standard InChI is InChI=1S/C7H15N3O2S/c1-10-6(12)7(9,5(8)11)3-4-13-2/h3-4,9H2,1-2H3,(H2,8,11)(H,10,12). The Morgan fingerprint density at radius 2 is 2.08 bits per heavy atom. The summed E-state index contributed by atoms with van der Waals surface area (Å²) in [6.07, 6.45) is 2.12. The number of carbonyl (C=O) groups is 2. The van der Waals surface area contributed by atoms with Crippen molar-refractivity contribution in [1.82, 2.24) is 5.32 Å². The van der Waals surface area contributed by atoms with Crippen molar-refractivity contribution in [3.05, 3.63) is 0 Å². The molecule has 0 aliphatic carbocycles. The van der Waals surface area contributed by atoms with Crippen molar-refractivity contribution in [2.75, 3.05) is 19.1 Å². The van der Waals surface area contributed by atoms with Crippen molar-refractivity contribution in [2.24, 2.45) is 11.5 Å². The highest BCUT2D eigenvalue weighted by molar-refractivity contribution is 7.98. The van der Waals surface area contributed by atoms with Gasteiger partial charge in [0, 0.05) is 7.05 Å². The van der Waals surface area contributed by atoms with E-state index in [0.717, 1.165) is 0 Å². The number of nitrogens with one attached hydrogen (secondary N) is 1. The second-order valence-corrected chi connectivity index (χ2v) is 3.64. The minimum absolute atomic E-state index is 0.253. The third-order valence-corrected chi connectivity index (χ3v) is 2.38. The molecule has 0 heterocycles. The maximum atomic E-state index is 11.2. The van der Waals surface area contributed by atoms with Gasteiger partial charge in [-0.05, 0) is 18.4 Å². The monoisotopic (exact) mass is 205 g/mol. The lowest BCUT2D eigenvalue weighted by Gasteiger charge is -2.23. The average Bonchev–Trinajstić information content (AvgIpc) is 2.12. The third kappa shape index (κ3) is 2.89. The second kappa shape index (κ2) is 5.08. The molecule has 6 heteroatoms. The van der Waals surface area contributed by atoms with Gasteiger partial charge in [0.2, 0.25) is 11.8 Å². The molecular formula is C7H15N3O2S. The lowest BCUT2D eigenvalue weighted by atomic mass is 9.96. The minimum Gasteiger partial charge on any atom is -0.368 e. The van der Waals surface area contributed by atoms with Crippen molar-refractivity contribution in [1.29, 1.82) is 0 Å². The summed E-state index contributed by atoms with van der Waals surface area (Å²) in [7, 11) is 1.42. The zero-order valence-electron chi connectivity index (χ0n) is 7.79. The van der Waals surface area contributed by atoms with Gasteiger partial charge in [-0.15, -0.1) is 0 Å². The topological polar surface area (TPSA) is 98.2 Å². The lowest BCUT2D eigenvalue weighted by molar-refractivity contribution is -0.135. The smallest absolute Gasteiger partial charge is 0.249 e. The molecule has 5 N–H and O–H groups in total. The maximum Gasteiger partial charge on any atom is 0.249 e. The van der Waals surface area contributed by atoms with Gasteiger partial charge in [-0.2, -0.15) is 11.8 Å². The lowest BCUT2D eigenvalue weighted by Crippen LogP contribution is -2.61. The molecule has 0 saturated heterocycles. The molecule has 0 aliphatic rings. The first kappa shape index (κ1) is 12.2. The van der Waals surface area contributed by atoms with Crippen LogP contribution in [0.1, 0.15) is 6.42 Å². The minimum atomic E-state index is -1.57. The molecule has 0 aromatic rings. The molecule has 1 unspecified atom stereocenters. The number of nitrogens with two attached hydrogens (primary N) is 2. The molecule has 0 bridgehead atoms. The fourth-order valence-corrected chi connectivity index (χ4v) is 1.36. The van der Waals surface area contributed by atoms with Crippen LogP contribution in [0.15, 0.2) is 0 Å². The number of hydrogen-bond acceptors (Lipinski definition) is 4. The van der Waals surface area contributed by atoms with E-state index in [0.29, 0.717) is 5.75 Å². The summed E-state index contributed by atoms with van der Waals surface area (Å²) in [6.45, 7) is 0. The van der Waals surface area contributed by atoms with Crippen molar-refractivity contribution in [3.63, 3.8) is 0 Å². The molecule has 0 aliphatic heterocycles. The summed E-state index contributed by atoms with van der Waals surface area (Å²) < 4.78 is 0. The third-order valence-electron chi connectivity index (χ3n) is 1.77.